The number of rotatable bonds is 2. The van der Waals surface area contributed by atoms with Crippen molar-refractivity contribution in [3.8, 4) is 17.6 Å². The molecule has 0 unspecified atom stereocenters. The molecule has 1 aromatic rings. The number of methoxy groups -OCH3 is 1. The van der Waals surface area contributed by atoms with Crippen LogP contribution >= 0.6 is 15.9 Å². The van der Waals surface area contributed by atoms with Gasteiger partial charge in [-0.1, -0.05) is 27.8 Å². The molecule has 0 spiro atoms. The SMILES string of the molecule is COc1cc(Br)ccc1C#CCNC(C)=O. The first-order chi connectivity index (χ1) is 7.63. The van der Waals surface area contributed by atoms with Gasteiger partial charge in [-0.3, -0.25) is 4.79 Å². The number of carbonyl (C=O) groups is 1. The van der Waals surface area contributed by atoms with Crippen LogP contribution < -0.4 is 10.1 Å². The molecule has 0 aliphatic carbocycles. The van der Waals surface area contributed by atoms with E-state index in [1.165, 1.54) is 6.92 Å². The Kier molecular flexibility index (Phi) is 4.87. The first kappa shape index (κ1) is 12.6. The van der Waals surface area contributed by atoms with E-state index < -0.39 is 0 Å². The highest BCUT2D eigenvalue weighted by Crippen LogP contribution is 2.22. The Labute approximate surface area is 103 Å². The molecule has 0 saturated heterocycles. The maximum atomic E-state index is 10.6. The minimum Gasteiger partial charge on any atom is -0.495 e. The smallest absolute Gasteiger partial charge is 0.217 e. The molecule has 4 heteroatoms. The fraction of sp³-hybridized carbons (Fsp3) is 0.250. The van der Waals surface area contributed by atoms with Crippen LogP contribution in [0.25, 0.3) is 0 Å². The lowest BCUT2D eigenvalue weighted by Crippen LogP contribution is -2.19. The van der Waals surface area contributed by atoms with Crippen LogP contribution in [0, 0.1) is 11.8 Å². The van der Waals surface area contributed by atoms with Crippen LogP contribution in [-0.2, 0) is 4.79 Å². The van der Waals surface area contributed by atoms with Gasteiger partial charge < -0.3 is 10.1 Å². The summed E-state index contributed by atoms with van der Waals surface area (Å²) in [7, 11) is 1.60. The minimum absolute atomic E-state index is 0.0860. The van der Waals surface area contributed by atoms with Crippen molar-refractivity contribution >= 4 is 21.8 Å². The van der Waals surface area contributed by atoms with Crippen LogP contribution in [0.1, 0.15) is 12.5 Å². The third-order valence-electron chi connectivity index (χ3n) is 1.81. The molecule has 0 bridgehead atoms. The highest BCUT2D eigenvalue weighted by atomic mass is 79.9. The molecule has 0 atom stereocenters. The van der Waals surface area contributed by atoms with Gasteiger partial charge in [-0.2, -0.15) is 0 Å². The Morgan fingerprint density at radius 2 is 2.31 bits per heavy atom. The summed E-state index contributed by atoms with van der Waals surface area (Å²) in [4.78, 5) is 10.6. The molecule has 0 aromatic heterocycles. The molecular weight excluding hydrogens is 270 g/mol. The Morgan fingerprint density at radius 3 is 2.94 bits per heavy atom. The van der Waals surface area contributed by atoms with Crippen molar-refractivity contribution in [3.05, 3.63) is 28.2 Å². The van der Waals surface area contributed by atoms with Crippen LogP contribution in [0.5, 0.6) is 5.75 Å². The average Bonchev–Trinajstić information content (AvgIpc) is 2.25. The summed E-state index contributed by atoms with van der Waals surface area (Å²) < 4.78 is 6.13. The summed E-state index contributed by atoms with van der Waals surface area (Å²) in [5.74, 6) is 6.41. The van der Waals surface area contributed by atoms with Gasteiger partial charge in [0.25, 0.3) is 0 Å². The van der Waals surface area contributed by atoms with E-state index in [4.69, 9.17) is 4.74 Å². The topological polar surface area (TPSA) is 38.3 Å². The molecule has 0 fully saturated rings. The van der Waals surface area contributed by atoms with Crippen LogP contribution in [0.2, 0.25) is 0 Å². The third-order valence-corrected chi connectivity index (χ3v) is 2.31. The van der Waals surface area contributed by atoms with E-state index in [9.17, 15) is 4.79 Å². The van der Waals surface area contributed by atoms with Gasteiger partial charge in [-0.15, -0.1) is 0 Å². The summed E-state index contributed by atoms with van der Waals surface area (Å²) in [6, 6.07) is 5.61. The van der Waals surface area contributed by atoms with Crippen LogP contribution in [0.3, 0.4) is 0 Å². The van der Waals surface area contributed by atoms with Crippen molar-refractivity contribution in [1.29, 1.82) is 0 Å². The molecular formula is C12H12BrNO2. The molecule has 0 aliphatic rings. The molecule has 1 amide bonds. The second kappa shape index (κ2) is 6.19. The van der Waals surface area contributed by atoms with E-state index in [1.54, 1.807) is 7.11 Å². The van der Waals surface area contributed by atoms with Gasteiger partial charge >= 0.3 is 0 Å². The van der Waals surface area contributed by atoms with Crippen molar-refractivity contribution in [1.82, 2.24) is 5.32 Å². The van der Waals surface area contributed by atoms with Gasteiger partial charge in [0.05, 0.1) is 19.2 Å². The van der Waals surface area contributed by atoms with Crippen molar-refractivity contribution in [3.63, 3.8) is 0 Å². The van der Waals surface area contributed by atoms with Gasteiger partial charge in [-0.05, 0) is 18.2 Å². The maximum Gasteiger partial charge on any atom is 0.217 e. The Hall–Kier alpha value is -1.47. The molecule has 3 nitrogen and oxygen atoms in total. The number of nitrogens with one attached hydrogen (secondary N) is 1. The summed E-state index contributed by atoms with van der Waals surface area (Å²) in [6.45, 7) is 1.80. The number of hydrogen-bond donors (Lipinski definition) is 1. The van der Waals surface area contributed by atoms with E-state index in [0.717, 1.165) is 10.0 Å². The van der Waals surface area contributed by atoms with Gasteiger partial charge in [0, 0.05) is 11.4 Å². The molecule has 1 aromatic carbocycles. The summed E-state index contributed by atoms with van der Waals surface area (Å²) in [5.41, 5.74) is 0.802. The molecule has 1 N–H and O–H groups in total. The number of amides is 1. The van der Waals surface area contributed by atoms with Gasteiger partial charge in [0.15, 0.2) is 0 Å². The van der Waals surface area contributed by atoms with E-state index >= 15 is 0 Å². The fourth-order valence-electron chi connectivity index (χ4n) is 1.08. The van der Waals surface area contributed by atoms with Crippen molar-refractivity contribution in [2.75, 3.05) is 13.7 Å². The second-order valence-electron chi connectivity index (χ2n) is 3.06. The zero-order chi connectivity index (χ0) is 12.0. The largest absolute Gasteiger partial charge is 0.495 e. The lowest BCUT2D eigenvalue weighted by molar-refractivity contribution is -0.118. The van der Waals surface area contributed by atoms with E-state index in [2.05, 4.69) is 33.1 Å². The van der Waals surface area contributed by atoms with Crippen molar-refractivity contribution < 1.29 is 9.53 Å². The number of hydrogen-bond acceptors (Lipinski definition) is 2. The first-order valence-corrected chi connectivity index (χ1v) is 5.49. The molecule has 1 rings (SSSR count). The van der Waals surface area contributed by atoms with E-state index in [1.807, 2.05) is 18.2 Å². The normalized spacial score (nSPS) is 8.94. The first-order valence-electron chi connectivity index (χ1n) is 4.70. The monoisotopic (exact) mass is 281 g/mol. The quantitative estimate of drug-likeness (QED) is 0.842. The molecule has 0 saturated carbocycles. The summed E-state index contributed by atoms with van der Waals surface area (Å²) in [5, 5.41) is 2.60. The summed E-state index contributed by atoms with van der Waals surface area (Å²) >= 11 is 3.35. The van der Waals surface area contributed by atoms with Crippen molar-refractivity contribution in [2.24, 2.45) is 0 Å². The van der Waals surface area contributed by atoms with Gasteiger partial charge in [0.1, 0.15) is 5.75 Å². The molecule has 84 valence electrons. The number of ether oxygens (including phenoxy) is 1. The summed E-state index contributed by atoms with van der Waals surface area (Å²) in [6.07, 6.45) is 0. The molecule has 0 radical (unpaired) electrons. The Bertz CT molecular complexity index is 446. The molecule has 0 heterocycles. The number of halogens is 1. The van der Waals surface area contributed by atoms with Gasteiger partial charge in [-0.25, -0.2) is 0 Å². The number of carbonyl (C=O) groups excluding carboxylic acids is 1. The second-order valence-corrected chi connectivity index (χ2v) is 3.97. The lowest BCUT2D eigenvalue weighted by Gasteiger charge is -2.02. The van der Waals surface area contributed by atoms with Crippen LogP contribution in [0.15, 0.2) is 22.7 Å². The predicted octanol–water partition coefficient (Wildman–Crippen LogP) is 1.95. The van der Waals surface area contributed by atoms with Crippen LogP contribution in [-0.4, -0.2) is 19.6 Å². The number of benzene rings is 1. The average molecular weight is 282 g/mol. The zero-order valence-electron chi connectivity index (χ0n) is 9.13. The third kappa shape index (κ3) is 3.95. The van der Waals surface area contributed by atoms with E-state index in [0.29, 0.717) is 12.3 Å². The standard InChI is InChI=1S/C12H12BrNO2/c1-9(15)14-7-3-4-10-5-6-11(13)8-12(10)16-2/h5-6,8H,7H2,1-2H3,(H,14,15). The zero-order valence-corrected chi connectivity index (χ0v) is 10.7. The predicted molar refractivity (Wildman–Crippen MR) is 66.3 cm³/mol. The minimum atomic E-state index is -0.0860. The Morgan fingerprint density at radius 1 is 1.56 bits per heavy atom. The van der Waals surface area contributed by atoms with E-state index in [-0.39, 0.29) is 5.91 Å². The Balaban J connectivity index is 2.76. The highest BCUT2D eigenvalue weighted by molar-refractivity contribution is 9.10. The lowest BCUT2D eigenvalue weighted by atomic mass is 10.2. The van der Waals surface area contributed by atoms with Crippen LogP contribution in [0.4, 0.5) is 0 Å². The fourth-order valence-corrected chi connectivity index (χ4v) is 1.42. The highest BCUT2D eigenvalue weighted by Gasteiger charge is 1.99. The van der Waals surface area contributed by atoms with Crippen molar-refractivity contribution in [2.45, 2.75) is 6.92 Å². The van der Waals surface area contributed by atoms with Gasteiger partial charge in [0.2, 0.25) is 5.91 Å². The maximum absolute atomic E-state index is 10.6. The molecule has 16 heavy (non-hydrogen) atoms. The molecule has 0 aliphatic heterocycles.